The normalized spacial score (nSPS) is 12.3. The highest BCUT2D eigenvalue weighted by molar-refractivity contribution is 5.97. The second-order valence-corrected chi connectivity index (χ2v) is 9.28. The topological polar surface area (TPSA) is 115 Å². The van der Waals surface area contributed by atoms with E-state index in [1.54, 1.807) is 67.8 Å². The summed E-state index contributed by atoms with van der Waals surface area (Å²) in [7, 11) is 1.56. The highest BCUT2D eigenvalue weighted by Crippen LogP contribution is 2.34. The minimum atomic E-state index is -0.987. The lowest BCUT2D eigenvalue weighted by molar-refractivity contribution is -0.140. The summed E-state index contributed by atoms with van der Waals surface area (Å²) in [5, 5.41) is 5.64. The molecule has 0 aliphatic carbocycles. The van der Waals surface area contributed by atoms with E-state index in [4.69, 9.17) is 18.9 Å². The van der Waals surface area contributed by atoms with Crippen molar-refractivity contribution in [3.63, 3.8) is 0 Å². The van der Waals surface area contributed by atoms with Gasteiger partial charge in [-0.25, -0.2) is 0 Å². The maximum absolute atomic E-state index is 13.8. The highest BCUT2D eigenvalue weighted by Gasteiger charge is 2.32. The SMILES string of the molecule is CCOCCCNC(=O)C(c1ccc(OC)cc1)N(Cc1ccc2c(c1)OCO2)C(=O)CNC(=O)c1ccccc1. The predicted molar refractivity (Wildman–Crippen MR) is 152 cm³/mol. The van der Waals surface area contributed by atoms with Gasteiger partial charge in [0.1, 0.15) is 11.8 Å². The zero-order valence-corrected chi connectivity index (χ0v) is 23.3. The minimum Gasteiger partial charge on any atom is -0.497 e. The predicted octanol–water partition coefficient (Wildman–Crippen LogP) is 3.47. The molecule has 0 aromatic heterocycles. The number of benzene rings is 3. The molecule has 1 unspecified atom stereocenters. The number of carbonyl (C=O) groups is 3. The van der Waals surface area contributed by atoms with Gasteiger partial charge in [0.25, 0.3) is 5.91 Å². The monoisotopic (exact) mass is 561 g/mol. The van der Waals surface area contributed by atoms with E-state index in [2.05, 4.69) is 10.6 Å². The summed E-state index contributed by atoms with van der Waals surface area (Å²) in [6.07, 6.45) is 0.623. The van der Waals surface area contributed by atoms with E-state index in [1.807, 2.05) is 19.1 Å². The van der Waals surface area contributed by atoms with Crippen LogP contribution in [0.1, 0.15) is 40.9 Å². The Labute approximate surface area is 239 Å². The molecule has 1 aliphatic rings. The fourth-order valence-corrected chi connectivity index (χ4v) is 4.39. The van der Waals surface area contributed by atoms with Gasteiger partial charge in [0.2, 0.25) is 18.6 Å². The third kappa shape index (κ3) is 7.98. The van der Waals surface area contributed by atoms with Gasteiger partial charge in [0, 0.05) is 31.9 Å². The van der Waals surface area contributed by atoms with Gasteiger partial charge in [-0.1, -0.05) is 36.4 Å². The van der Waals surface area contributed by atoms with Crippen molar-refractivity contribution >= 4 is 17.7 Å². The van der Waals surface area contributed by atoms with Gasteiger partial charge in [-0.15, -0.1) is 0 Å². The van der Waals surface area contributed by atoms with Crippen molar-refractivity contribution in [2.45, 2.75) is 25.9 Å². The molecule has 4 rings (SSSR count). The minimum absolute atomic E-state index is 0.0831. The first-order chi connectivity index (χ1) is 20.0. The summed E-state index contributed by atoms with van der Waals surface area (Å²) in [5.41, 5.74) is 1.76. The third-order valence-corrected chi connectivity index (χ3v) is 6.51. The number of nitrogens with one attached hydrogen (secondary N) is 2. The van der Waals surface area contributed by atoms with E-state index in [0.717, 1.165) is 5.56 Å². The Hall–Kier alpha value is -4.57. The van der Waals surface area contributed by atoms with Gasteiger partial charge >= 0.3 is 0 Å². The molecule has 0 fully saturated rings. The highest BCUT2D eigenvalue weighted by atomic mass is 16.7. The molecule has 3 aromatic rings. The lowest BCUT2D eigenvalue weighted by Crippen LogP contribution is -2.47. The van der Waals surface area contributed by atoms with E-state index in [1.165, 1.54) is 4.90 Å². The molecule has 216 valence electrons. The summed E-state index contributed by atoms with van der Waals surface area (Å²) in [5.74, 6) is 0.623. The van der Waals surface area contributed by atoms with Crippen LogP contribution in [0.2, 0.25) is 0 Å². The summed E-state index contributed by atoms with van der Waals surface area (Å²) in [6, 6.07) is 20.0. The first-order valence-electron chi connectivity index (χ1n) is 13.5. The van der Waals surface area contributed by atoms with Crippen LogP contribution in [-0.2, 0) is 20.9 Å². The molecule has 10 nitrogen and oxygen atoms in total. The van der Waals surface area contributed by atoms with E-state index >= 15 is 0 Å². The Morgan fingerprint density at radius 1 is 0.951 bits per heavy atom. The molecule has 10 heteroatoms. The standard InChI is InChI=1S/C31H35N3O7/c1-3-39-17-7-16-32-31(37)29(23-11-13-25(38-2)14-12-23)34(20-22-10-15-26-27(18-22)41-21-40-26)28(35)19-33-30(36)24-8-5-4-6-9-24/h4-6,8-15,18,29H,3,7,16-17,19-21H2,1-2H3,(H,32,37)(H,33,36). The fraction of sp³-hybridized carbons (Fsp3) is 0.323. The number of fused-ring (bicyclic) bond motifs is 1. The second kappa shape index (κ2) is 14.7. The number of ether oxygens (including phenoxy) is 4. The Kier molecular flexibility index (Phi) is 10.6. The number of methoxy groups -OCH3 is 1. The van der Waals surface area contributed by atoms with Gasteiger partial charge in [0.05, 0.1) is 13.7 Å². The Balaban J connectivity index is 1.62. The van der Waals surface area contributed by atoms with E-state index < -0.39 is 11.9 Å². The first-order valence-corrected chi connectivity index (χ1v) is 13.5. The summed E-state index contributed by atoms with van der Waals surface area (Å²) in [4.78, 5) is 41.7. The van der Waals surface area contributed by atoms with Crippen molar-refractivity contribution in [3.8, 4) is 17.2 Å². The lowest BCUT2D eigenvalue weighted by Gasteiger charge is -2.32. The quantitative estimate of drug-likeness (QED) is 0.290. The largest absolute Gasteiger partial charge is 0.497 e. The zero-order chi connectivity index (χ0) is 29.0. The molecule has 1 atom stereocenters. The summed E-state index contributed by atoms with van der Waals surface area (Å²) < 4.78 is 21.6. The van der Waals surface area contributed by atoms with Gasteiger partial charge in [0.15, 0.2) is 11.5 Å². The van der Waals surface area contributed by atoms with Crippen molar-refractivity contribution in [1.82, 2.24) is 15.5 Å². The van der Waals surface area contributed by atoms with Crippen LogP contribution in [0.4, 0.5) is 0 Å². The number of nitrogens with zero attached hydrogens (tertiary/aromatic N) is 1. The maximum atomic E-state index is 13.8. The van der Waals surface area contributed by atoms with E-state index in [0.29, 0.717) is 54.6 Å². The van der Waals surface area contributed by atoms with Crippen LogP contribution in [0, 0.1) is 0 Å². The Morgan fingerprint density at radius 3 is 2.44 bits per heavy atom. The third-order valence-electron chi connectivity index (χ3n) is 6.51. The molecule has 3 amide bonds. The summed E-state index contributed by atoms with van der Waals surface area (Å²) >= 11 is 0. The molecule has 2 N–H and O–H groups in total. The summed E-state index contributed by atoms with van der Waals surface area (Å²) in [6.45, 7) is 3.29. The first kappa shape index (κ1) is 29.4. The van der Waals surface area contributed by atoms with Gasteiger partial charge in [-0.05, 0) is 60.9 Å². The average Bonchev–Trinajstić information content (AvgIpc) is 3.48. The fourth-order valence-electron chi connectivity index (χ4n) is 4.39. The van der Waals surface area contributed by atoms with Crippen LogP contribution in [-0.4, -0.2) is 62.8 Å². The molecule has 1 aliphatic heterocycles. The van der Waals surface area contributed by atoms with Gasteiger partial charge < -0.3 is 34.5 Å². The smallest absolute Gasteiger partial charge is 0.251 e. The molecule has 0 saturated heterocycles. The van der Waals surface area contributed by atoms with Crippen molar-refractivity contribution in [1.29, 1.82) is 0 Å². The molecular formula is C31H35N3O7. The molecular weight excluding hydrogens is 526 g/mol. The molecule has 0 radical (unpaired) electrons. The number of hydrogen-bond donors (Lipinski definition) is 2. The number of carbonyl (C=O) groups excluding carboxylic acids is 3. The van der Waals surface area contributed by atoms with E-state index in [-0.39, 0.29) is 31.7 Å². The van der Waals surface area contributed by atoms with Crippen LogP contribution in [0.15, 0.2) is 72.8 Å². The molecule has 0 spiro atoms. The van der Waals surface area contributed by atoms with Crippen molar-refractivity contribution in [2.75, 3.05) is 40.2 Å². The number of amides is 3. The molecule has 0 saturated carbocycles. The Morgan fingerprint density at radius 2 is 1.71 bits per heavy atom. The van der Waals surface area contributed by atoms with E-state index in [9.17, 15) is 14.4 Å². The maximum Gasteiger partial charge on any atom is 0.251 e. The number of rotatable bonds is 14. The number of hydrogen-bond acceptors (Lipinski definition) is 7. The van der Waals surface area contributed by atoms with Crippen LogP contribution in [0.3, 0.4) is 0 Å². The van der Waals surface area contributed by atoms with Crippen LogP contribution in [0.25, 0.3) is 0 Å². The van der Waals surface area contributed by atoms with Crippen LogP contribution in [0.5, 0.6) is 17.2 Å². The molecule has 3 aromatic carbocycles. The zero-order valence-electron chi connectivity index (χ0n) is 23.3. The van der Waals surface area contributed by atoms with Crippen molar-refractivity contribution in [2.24, 2.45) is 0 Å². The van der Waals surface area contributed by atoms with Crippen LogP contribution < -0.4 is 24.8 Å². The molecule has 1 heterocycles. The van der Waals surface area contributed by atoms with Crippen molar-refractivity contribution in [3.05, 3.63) is 89.5 Å². The lowest BCUT2D eigenvalue weighted by atomic mass is 10.0. The average molecular weight is 562 g/mol. The van der Waals surface area contributed by atoms with Gasteiger partial charge in [-0.2, -0.15) is 0 Å². The van der Waals surface area contributed by atoms with Gasteiger partial charge in [-0.3, -0.25) is 14.4 Å². The second-order valence-electron chi connectivity index (χ2n) is 9.28. The van der Waals surface area contributed by atoms with Crippen molar-refractivity contribution < 1.29 is 33.3 Å². The molecule has 0 bridgehead atoms. The molecule has 41 heavy (non-hydrogen) atoms. The van der Waals surface area contributed by atoms with Crippen LogP contribution >= 0.6 is 0 Å². The Bertz CT molecular complexity index is 1320.